The van der Waals surface area contributed by atoms with E-state index in [0.29, 0.717) is 0 Å². The lowest BCUT2D eigenvalue weighted by atomic mass is 9.82. The van der Waals surface area contributed by atoms with Crippen molar-refractivity contribution in [3.63, 3.8) is 0 Å². The summed E-state index contributed by atoms with van der Waals surface area (Å²) >= 11 is 0. The van der Waals surface area contributed by atoms with Gasteiger partial charge in [-0.05, 0) is 25.9 Å². The zero-order valence-corrected chi connectivity index (χ0v) is 9.19. The molecular weight excluding hydrogens is 146 g/mol. The number of nitrogens with one attached hydrogen (secondary N) is 1. The molecule has 0 aliphatic heterocycles. The zero-order chi connectivity index (χ0) is 9.40. The van der Waals surface area contributed by atoms with Crippen LogP contribution in [-0.4, -0.2) is 14.1 Å². The molecular formula is C11H25N. The van der Waals surface area contributed by atoms with E-state index < -0.39 is 0 Å². The molecule has 1 heteroatoms. The topological polar surface area (TPSA) is 12.0 Å². The Bertz CT molecular complexity index is 83.0. The standard InChI is InChI=1S/C9H18.C2H7N/c1-8(2)9-6-4-3-5-7-9;1-3-2/h8-9H,3-7H2,1-2H3;3H,1-2H3. The molecule has 0 spiro atoms. The maximum Gasteiger partial charge on any atom is -0.0167 e. The summed E-state index contributed by atoms with van der Waals surface area (Å²) in [6, 6.07) is 0. The van der Waals surface area contributed by atoms with E-state index in [-0.39, 0.29) is 0 Å². The van der Waals surface area contributed by atoms with Gasteiger partial charge in [0.25, 0.3) is 0 Å². The first kappa shape index (κ1) is 12.0. The van der Waals surface area contributed by atoms with E-state index in [0.717, 1.165) is 11.8 Å². The summed E-state index contributed by atoms with van der Waals surface area (Å²) in [5.41, 5.74) is 0. The van der Waals surface area contributed by atoms with Crippen LogP contribution >= 0.6 is 0 Å². The van der Waals surface area contributed by atoms with Crippen LogP contribution in [0.1, 0.15) is 46.0 Å². The Labute approximate surface area is 77.9 Å². The highest BCUT2D eigenvalue weighted by Crippen LogP contribution is 2.29. The Morgan fingerprint density at radius 1 is 1.00 bits per heavy atom. The Kier molecular flexibility index (Phi) is 7.58. The van der Waals surface area contributed by atoms with Gasteiger partial charge in [-0.3, -0.25) is 0 Å². The number of hydrogen-bond donors (Lipinski definition) is 1. The van der Waals surface area contributed by atoms with Crippen LogP contribution in [-0.2, 0) is 0 Å². The van der Waals surface area contributed by atoms with Gasteiger partial charge >= 0.3 is 0 Å². The van der Waals surface area contributed by atoms with Crippen LogP contribution in [0, 0.1) is 11.8 Å². The van der Waals surface area contributed by atoms with Crippen molar-refractivity contribution in [3.8, 4) is 0 Å². The molecule has 1 rings (SSSR count). The lowest BCUT2D eigenvalue weighted by molar-refractivity contribution is 0.279. The van der Waals surface area contributed by atoms with Gasteiger partial charge in [0, 0.05) is 0 Å². The summed E-state index contributed by atoms with van der Waals surface area (Å²) in [5, 5.41) is 2.75. The van der Waals surface area contributed by atoms with Crippen molar-refractivity contribution < 1.29 is 0 Å². The van der Waals surface area contributed by atoms with Gasteiger partial charge in [0.1, 0.15) is 0 Å². The fourth-order valence-electron chi connectivity index (χ4n) is 1.80. The van der Waals surface area contributed by atoms with Crippen LogP contribution in [0.5, 0.6) is 0 Å². The summed E-state index contributed by atoms with van der Waals surface area (Å²) in [4.78, 5) is 0. The molecule has 0 amide bonds. The first-order valence-electron chi connectivity index (χ1n) is 5.30. The highest BCUT2D eigenvalue weighted by atomic mass is 14.7. The van der Waals surface area contributed by atoms with Crippen LogP contribution in [0.15, 0.2) is 0 Å². The summed E-state index contributed by atoms with van der Waals surface area (Å²) < 4.78 is 0. The Morgan fingerprint density at radius 3 is 1.67 bits per heavy atom. The van der Waals surface area contributed by atoms with Gasteiger partial charge in [0.15, 0.2) is 0 Å². The average Bonchev–Trinajstić information content (AvgIpc) is 2.07. The zero-order valence-electron chi connectivity index (χ0n) is 9.19. The molecule has 74 valence electrons. The van der Waals surface area contributed by atoms with Gasteiger partial charge in [-0.1, -0.05) is 46.0 Å². The van der Waals surface area contributed by atoms with Gasteiger partial charge in [-0.2, -0.15) is 0 Å². The van der Waals surface area contributed by atoms with Gasteiger partial charge in [0.05, 0.1) is 0 Å². The first-order chi connectivity index (χ1) is 5.72. The molecule has 1 saturated carbocycles. The molecule has 0 aromatic carbocycles. The van der Waals surface area contributed by atoms with Crippen molar-refractivity contribution in [2.45, 2.75) is 46.0 Å². The SMILES string of the molecule is CC(C)C1CCCCC1.CNC. The smallest absolute Gasteiger partial charge is 0.0167 e. The largest absolute Gasteiger partial charge is 0.323 e. The minimum atomic E-state index is 0.935. The monoisotopic (exact) mass is 171 g/mol. The molecule has 0 bridgehead atoms. The highest BCUT2D eigenvalue weighted by Gasteiger charge is 2.15. The maximum absolute atomic E-state index is 2.75. The van der Waals surface area contributed by atoms with Crippen molar-refractivity contribution >= 4 is 0 Å². The third-order valence-electron chi connectivity index (χ3n) is 2.59. The van der Waals surface area contributed by atoms with E-state index in [4.69, 9.17) is 0 Å². The second-order valence-electron chi connectivity index (χ2n) is 4.14. The molecule has 0 radical (unpaired) electrons. The molecule has 1 aliphatic carbocycles. The van der Waals surface area contributed by atoms with Crippen LogP contribution in [0.3, 0.4) is 0 Å². The molecule has 0 atom stereocenters. The Balaban J connectivity index is 0.000000354. The summed E-state index contributed by atoms with van der Waals surface area (Å²) in [5.74, 6) is 1.99. The van der Waals surface area contributed by atoms with Gasteiger partial charge in [0.2, 0.25) is 0 Å². The van der Waals surface area contributed by atoms with Crippen molar-refractivity contribution in [2.75, 3.05) is 14.1 Å². The summed E-state index contributed by atoms with van der Waals surface area (Å²) in [6.45, 7) is 4.71. The third kappa shape index (κ3) is 5.59. The average molecular weight is 171 g/mol. The minimum Gasteiger partial charge on any atom is -0.323 e. The fraction of sp³-hybridized carbons (Fsp3) is 1.00. The second kappa shape index (κ2) is 7.60. The highest BCUT2D eigenvalue weighted by molar-refractivity contribution is 4.67. The third-order valence-corrected chi connectivity index (χ3v) is 2.59. The lowest BCUT2D eigenvalue weighted by Gasteiger charge is -2.24. The van der Waals surface area contributed by atoms with Crippen LogP contribution in [0.25, 0.3) is 0 Å². The molecule has 1 aliphatic rings. The minimum absolute atomic E-state index is 0.935. The van der Waals surface area contributed by atoms with Crippen LogP contribution < -0.4 is 5.32 Å². The van der Waals surface area contributed by atoms with Gasteiger partial charge in [-0.25, -0.2) is 0 Å². The predicted octanol–water partition coefficient (Wildman–Crippen LogP) is 3.06. The summed E-state index contributed by atoms with van der Waals surface area (Å²) in [7, 11) is 3.75. The normalized spacial score (nSPS) is 18.8. The molecule has 12 heavy (non-hydrogen) atoms. The molecule has 0 aromatic rings. The molecule has 0 unspecified atom stereocenters. The molecule has 1 N–H and O–H groups in total. The first-order valence-corrected chi connectivity index (χ1v) is 5.30. The molecule has 0 heterocycles. The Morgan fingerprint density at radius 2 is 1.42 bits per heavy atom. The van der Waals surface area contributed by atoms with E-state index in [1.807, 2.05) is 14.1 Å². The van der Waals surface area contributed by atoms with E-state index >= 15 is 0 Å². The van der Waals surface area contributed by atoms with Crippen LogP contribution in [0.4, 0.5) is 0 Å². The van der Waals surface area contributed by atoms with Crippen molar-refractivity contribution in [1.82, 2.24) is 5.32 Å². The Hall–Kier alpha value is -0.0400. The quantitative estimate of drug-likeness (QED) is 0.639. The molecule has 0 saturated heterocycles. The predicted molar refractivity (Wildman–Crippen MR) is 56.4 cm³/mol. The fourth-order valence-corrected chi connectivity index (χ4v) is 1.80. The molecule has 1 nitrogen and oxygen atoms in total. The van der Waals surface area contributed by atoms with Crippen LogP contribution in [0.2, 0.25) is 0 Å². The summed E-state index contributed by atoms with van der Waals surface area (Å²) in [6.07, 6.45) is 7.46. The van der Waals surface area contributed by atoms with Gasteiger partial charge in [-0.15, -0.1) is 0 Å². The maximum atomic E-state index is 2.75. The molecule has 1 fully saturated rings. The van der Waals surface area contributed by atoms with Crippen molar-refractivity contribution in [2.24, 2.45) is 11.8 Å². The second-order valence-corrected chi connectivity index (χ2v) is 4.14. The van der Waals surface area contributed by atoms with E-state index in [9.17, 15) is 0 Å². The number of rotatable bonds is 1. The van der Waals surface area contributed by atoms with Gasteiger partial charge < -0.3 is 5.32 Å². The molecule has 0 aromatic heterocycles. The number of hydrogen-bond acceptors (Lipinski definition) is 1. The van der Waals surface area contributed by atoms with E-state index in [1.54, 1.807) is 0 Å². The van der Waals surface area contributed by atoms with Crippen molar-refractivity contribution in [1.29, 1.82) is 0 Å². The lowest BCUT2D eigenvalue weighted by Crippen LogP contribution is -2.12. The van der Waals surface area contributed by atoms with E-state index in [2.05, 4.69) is 19.2 Å². The van der Waals surface area contributed by atoms with E-state index in [1.165, 1.54) is 32.1 Å². The van der Waals surface area contributed by atoms with Crippen molar-refractivity contribution in [3.05, 3.63) is 0 Å².